The Bertz CT molecular complexity index is 2910. The van der Waals surface area contributed by atoms with Crippen molar-refractivity contribution in [1.82, 2.24) is 29.6 Å². The topological polar surface area (TPSA) is 231 Å². The maximum absolute atomic E-state index is 16.6. The number of halogens is 2. The third-order valence-electron chi connectivity index (χ3n) is 16.1. The molecule has 5 rings (SSSR count). The number of methoxy groups -OCH3 is 2. The average Bonchev–Trinajstić information content (AvgIpc) is 1.12. The van der Waals surface area contributed by atoms with Crippen LogP contribution in [0.4, 0.5) is 8.78 Å². The molecule has 0 aliphatic carbocycles. The Balaban J connectivity index is 1.62. The van der Waals surface area contributed by atoms with Crippen molar-refractivity contribution in [1.29, 1.82) is 0 Å². The molecule has 1 saturated heterocycles. The van der Waals surface area contributed by atoms with Crippen LogP contribution in [0.5, 0.6) is 11.8 Å². The molecule has 4 aromatic rings. The van der Waals surface area contributed by atoms with Gasteiger partial charge in [-0.1, -0.05) is 116 Å². The van der Waals surface area contributed by atoms with E-state index in [0.717, 1.165) is 19.6 Å². The second-order valence-corrected chi connectivity index (χ2v) is 25.3. The van der Waals surface area contributed by atoms with Crippen molar-refractivity contribution in [2.24, 2.45) is 23.7 Å². The van der Waals surface area contributed by atoms with Crippen LogP contribution in [0.1, 0.15) is 142 Å². The minimum atomic E-state index is -2.10. The molecule has 2 aromatic heterocycles. The fraction of sp³-hybridized carbons (Fsp3) is 0.559. The Labute approximate surface area is 528 Å². The summed E-state index contributed by atoms with van der Waals surface area (Å²) in [6.45, 7) is 19.7. The molecule has 492 valence electrons. The molecule has 3 heterocycles. The zero-order valence-corrected chi connectivity index (χ0v) is 55.4. The monoisotopic (exact) mass is 1250 g/mol. The molecule has 22 heteroatoms. The summed E-state index contributed by atoms with van der Waals surface area (Å²) in [5.41, 5.74) is -2.81. The van der Waals surface area contributed by atoms with Crippen molar-refractivity contribution >= 4 is 47.5 Å². The van der Waals surface area contributed by atoms with Crippen molar-refractivity contribution in [2.45, 2.75) is 182 Å². The Morgan fingerprint density at radius 2 is 0.700 bits per heavy atom. The van der Waals surface area contributed by atoms with E-state index < -0.39 is 107 Å². The SMILES string of the molecule is COc1cccc(C(C)(F)c2ccc(C[C@H]3OC(=O)[C@H](CC(C)C)N(C)C(=O)[C@@H](C)OC(=O)[C@H](CC(C)C)N(C)C(=O)[C@@H](Cc4ccc(C(C)(F)c5cccc(OC)n5)cc4)OC(=O)[C@H](CC(C)C)N(C)C(=O)[C@@H](C)OC(=O)[C@H](CC(C)C)N(C)C3=O)cc2)n1. The van der Waals surface area contributed by atoms with E-state index in [1.165, 1.54) is 107 Å². The molecule has 10 atom stereocenters. The molecule has 0 N–H and O–H groups in total. The number of nitrogens with zero attached hydrogens (tertiary/aromatic N) is 6. The van der Waals surface area contributed by atoms with Gasteiger partial charge in [-0.05, 0) is 111 Å². The Kier molecular flexibility index (Phi) is 25.5. The number of hydrogen-bond donors (Lipinski definition) is 0. The number of hydrogen-bond acceptors (Lipinski definition) is 16. The summed E-state index contributed by atoms with van der Waals surface area (Å²) >= 11 is 0. The van der Waals surface area contributed by atoms with Crippen molar-refractivity contribution in [3.63, 3.8) is 0 Å². The van der Waals surface area contributed by atoms with Crippen LogP contribution in [0.15, 0.2) is 84.9 Å². The third-order valence-corrected chi connectivity index (χ3v) is 16.1. The van der Waals surface area contributed by atoms with Gasteiger partial charge >= 0.3 is 23.9 Å². The first kappa shape index (κ1) is 72.7. The minimum Gasteiger partial charge on any atom is -0.481 e. The molecule has 4 amide bonds. The summed E-state index contributed by atoms with van der Waals surface area (Å²) in [5.74, 6) is -8.02. The van der Waals surface area contributed by atoms with Crippen LogP contribution in [-0.2, 0) is 81.5 Å². The third kappa shape index (κ3) is 18.5. The van der Waals surface area contributed by atoms with Gasteiger partial charge in [0, 0.05) is 53.2 Å². The molecule has 1 aliphatic rings. The number of amides is 4. The van der Waals surface area contributed by atoms with E-state index in [9.17, 15) is 28.8 Å². The lowest BCUT2D eigenvalue weighted by atomic mass is 9.92. The molecule has 20 nitrogen and oxygen atoms in total. The normalized spacial score (nSPS) is 23.3. The van der Waals surface area contributed by atoms with Crippen LogP contribution < -0.4 is 9.47 Å². The van der Waals surface area contributed by atoms with Crippen LogP contribution in [0.2, 0.25) is 0 Å². The second kappa shape index (κ2) is 31.6. The molecule has 1 aliphatic heterocycles. The lowest BCUT2D eigenvalue weighted by Gasteiger charge is -2.35. The van der Waals surface area contributed by atoms with E-state index in [-0.39, 0.29) is 96.5 Å². The molecular formula is C68H92F2N6O14. The van der Waals surface area contributed by atoms with E-state index >= 15 is 18.4 Å². The summed E-state index contributed by atoms with van der Waals surface area (Å²) in [6.07, 6.45) is -7.09. The van der Waals surface area contributed by atoms with Crippen molar-refractivity contribution < 1.29 is 75.6 Å². The molecule has 0 spiro atoms. The van der Waals surface area contributed by atoms with Crippen molar-refractivity contribution in [3.05, 3.63) is 119 Å². The smallest absolute Gasteiger partial charge is 0.329 e. The molecule has 2 unspecified atom stereocenters. The molecule has 0 bridgehead atoms. The largest absolute Gasteiger partial charge is 0.481 e. The highest BCUT2D eigenvalue weighted by atomic mass is 19.1. The van der Waals surface area contributed by atoms with Crippen LogP contribution in [0.3, 0.4) is 0 Å². The minimum absolute atomic E-state index is 0.00384. The Morgan fingerprint density at radius 1 is 0.433 bits per heavy atom. The van der Waals surface area contributed by atoms with Gasteiger partial charge in [-0.15, -0.1) is 0 Å². The number of cyclic esters (lactones) is 4. The number of ether oxygens (including phenoxy) is 6. The number of likely N-dealkylation sites (N-methyl/N-ethyl adjacent to an activating group) is 4. The quantitative estimate of drug-likeness (QED) is 0.0668. The predicted molar refractivity (Wildman–Crippen MR) is 332 cm³/mol. The number of aromatic nitrogens is 2. The molecular weight excluding hydrogens is 1160 g/mol. The number of carbonyl (C=O) groups excluding carboxylic acids is 8. The number of benzene rings is 2. The molecule has 0 radical (unpaired) electrons. The van der Waals surface area contributed by atoms with Crippen LogP contribution in [0, 0.1) is 23.7 Å². The summed E-state index contributed by atoms with van der Waals surface area (Å²) in [5, 5.41) is 0. The maximum atomic E-state index is 16.6. The van der Waals surface area contributed by atoms with E-state index in [0.29, 0.717) is 11.1 Å². The zero-order valence-electron chi connectivity index (χ0n) is 55.4. The Hall–Kier alpha value is -8.04. The lowest BCUT2D eigenvalue weighted by Crippen LogP contribution is -2.55. The maximum Gasteiger partial charge on any atom is 0.329 e. The molecule has 90 heavy (non-hydrogen) atoms. The van der Waals surface area contributed by atoms with Gasteiger partial charge in [0.05, 0.1) is 25.6 Å². The molecule has 2 aromatic carbocycles. The van der Waals surface area contributed by atoms with Gasteiger partial charge in [0.2, 0.25) is 11.8 Å². The predicted octanol–water partition coefficient (Wildman–Crippen LogP) is 8.94. The number of esters is 4. The first-order valence-electron chi connectivity index (χ1n) is 30.6. The van der Waals surface area contributed by atoms with Gasteiger partial charge in [-0.2, -0.15) is 0 Å². The summed E-state index contributed by atoms with van der Waals surface area (Å²) in [4.78, 5) is 131. The van der Waals surface area contributed by atoms with Gasteiger partial charge in [-0.25, -0.2) is 37.9 Å². The van der Waals surface area contributed by atoms with Crippen molar-refractivity contribution in [3.8, 4) is 11.8 Å². The van der Waals surface area contributed by atoms with E-state index in [1.54, 1.807) is 104 Å². The second-order valence-electron chi connectivity index (χ2n) is 25.3. The summed E-state index contributed by atoms with van der Waals surface area (Å²) < 4.78 is 67.8. The summed E-state index contributed by atoms with van der Waals surface area (Å²) in [7, 11) is 8.16. The van der Waals surface area contributed by atoms with Gasteiger partial charge in [0.15, 0.2) is 35.8 Å². The number of carbonyl (C=O) groups is 8. The molecule has 1 fully saturated rings. The highest BCUT2D eigenvalue weighted by molar-refractivity contribution is 5.94. The first-order valence-corrected chi connectivity index (χ1v) is 30.6. The fourth-order valence-corrected chi connectivity index (χ4v) is 10.7. The number of rotatable bonds is 18. The van der Waals surface area contributed by atoms with Gasteiger partial charge < -0.3 is 48.0 Å². The first-order chi connectivity index (χ1) is 42.1. The number of pyridine rings is 2. The van der Waals surface area contributed by atoms with Crippen LogP contribution in [-0.4, -0.2) is 168 Å². The molecule has 0 saturated carbocycles. The van der Waals surface area contributed by atoms with E-state index in [2.05, 4.69) is 9.97 Å². The van der Waals surface area contributed by atoms with Crippen LogP contribution in [0.25, 0.3) is 0 Å². The lowest BCUT2D eigenvalue weighted by molar-refractivity contribution is -0.176. The highest BCUT2D eigenvalue weighted by Crippen LogP contribution is 2.36. The van der Waals surface area contributed by atoms with Gasteiger partial charge in [0.1, 0.15) is 24.2 Å². The summed E-state index contributed by atoms with van der Waals surface area (Å²) in [6, 6.07) is 16.2. The fourth-order valence-electron chi connectivity index (χ4n) is 10.7. The van der Waals surface area contributed by atoms with E-state index in [1.807, 2.05) is 0 Å². The van der Waals surface area contributed by atoms with E-state index in [4.69, 9.17) is 28.4 Å². The van der Waals surface area contributed by atoms with Crippen molar-refractivity contribution in [2.75, 3.05) is 42.4 Å². The van der Waals surface area contributed by atoms with Gasteiger partial charge in [-0.3, -0.25) is 19.2 Å². The average molecular weight is 1260 g/mol. The standard InChI is InChI=1S/C68H92F2N6O14/c1-39(2)33-49-63(81)87-43(9)59(77)73(13)52(36-42(7)8)66(84)90-54(38-46-27-31-48(32-28-46)68(12,70)56-22-20-24-58(72-56)86-18)62(80)76(16)50(34-40(3)4)64(82)88-44(10)60(78)74(14)51(35-41(5)6)65(83)89-53(61(79)75(49)15)37-45-25-29-47(30-26-45)67(11,69)55-21-19-23-57(71-55)85-17/h19-32,39-44,49-54H,33-38H2,1-18H3/t43-,44-,49+,50+,51+,52+,53-,54-,67?,68?/m1/s1. The van der Waals surface area contributed by atoms with Gasteiger partial charge in [0.25, 0.3) is 23.6 Å². The number of alkyl halides is 2. The Morgan fingerprint density at radius 3 is 0.967 bits per heavy atom. The highest BCUT2D eigenvalue weighted by Gasteiger charge is 2.44. The van der Waals surface area contributed by atoms with Crippen LogP contribution >= 0.6 is 0 Å². The zero-order chi connectivity index (χ0) is 67.3.